The maximum atomic E-state index is 11.7. The molecule has 0 spiro atoms. The van der Waals surface area contributed by atoms with Gasteiger partial charge >= 0.3 is 5.97 Å². The molecule has 0 amide bonds. The quantitative estimate of drug-likeness (QED) is 0.262. The van der Waals surface area contributed by atoms with Crippen molar-refractivity contribution in [3.8, 4) is 22.9 Å². The first kappa shape index (κ1) is 26.1. The smallest absolute Gasteiger partial charge is 0.336 e. The van der Waals surface area contributed by atoms with E-state index in [4.69, 9.17) is 14.5 Å². The van der Waals surface area contributed by atoms with Gasteiger partial charge in [-0.05, 0) is 56.9 Å². The molecular weight excluding hydrogens is 468 g/mol. The zero-order valence-electron chi connectivity index (χ0n) is 22.1. The Bertz CT molecular complexity index is 1380. The van der Waals surface area contributed by atoms with Gasteiger partial charge in [0.25, 0.3) is 11.8 Å². The number of fused-ring (bicyclic) bond motifs is 1. The van der Waals surface area contributed by atoms with Crippen molar-refractivity contribution in [2.45, 2.75) is 72.6 Å². The average molecular weight is 503 g/mol. The van der Waals surface area contributed by atoms with Gasteiger partial charge in [0.2, 0.25) is 0 Å². The summed E-state index contributed by atoms with van der Waals surface area (Å²) in [5.41, 5.74) is 4.29. The Kier molecular flexibility index (Phi) is 8.06. The highest BCUT2D eigenvalue weighted by Gasteiger charge is 2.23. The summed E-state index contributed by atoms with van der Waals surface area (Å²) in [5.74, 6) is 0.819. The first-order valence-electron chi connectivity index (χ1n) is 12.8. The Hall–Kier alpha value is -3.94. The third-order valence-corrected chi connectivity index (χ3v) is 5.90. The monoisotopic (exact) mass is 502 g/mol. The van der Waals surface area contributed by atoms with Gasteiger partial charge in [-0.3, -0.25) is 0 Å². The fourth-order valence-corrected chi connectivity index (χ4v) is 4.25. The summed E-state index contributed by atoms with van der Waals surface area (Å²) in [4.78, 5) is 16.6. The number of aromatic carboxylic acids is 1. The first-order chi connectivity index (χ1) is 17.8. The molecule has 0 atom stereocenters. The number of aryl methyl sites for hydroxylation is 1. The standard InChI is InChI=1S/C29H34N4O4/c1-6-7-12-24-30-25-26(28(37-19(4)5)32-31-27(25)36-18(2)3)33(24)17-20-13-15-21(16-14-20)22-10-8-9-11-23(22)29(34)35/h8-11,13-16,18-19H,6-7,12,17H2,1-5H3,(H,34,35). The highest BCUT2D eigenvalue weighted by molar-refractivity contribution is 5.96. The Labute approximate surface area is 217 Å². The van der Waals surface area contributed by atoms with Crippen molar-refractivity contribution in [1.82, 2.24) is 19.7 Å². The Morgan fingerprint density at radius 3 is 2.24 bits per heavy atom. The number of rotatable bonds is 11. The minimum absolute atomic E-state index is 0.0696. The predicted molar refractivity (Wildman–Crippen MR) is 143 cm³/mol. The number of carboxylic acids is 1. The number of imidazole rings is 1. The largest absolute Gasteiger partial charge is 0.478 e. The number of unbranched alkanes of at least 4 members (excludes halogenated alkanes) is 1. The molecule has 2 aromatic heterocycles. The van der Waals surface area contributed by atoms with Crippen LogP contribution in [0.15, 0.2) is 48.5 Å². The number of aromatic nitrogens is 4. The Morgan fingerprint density at radius 2 is 1.59 bits per heavy atom. The van der Waals surface area contributed by atoms with Crippen molar-refractivity contribution in [2.24, 2.45) is 0 Å². The van der Waals surface area contributed by atoms with Crippen LogP contribution in [0, 0.1) is 0 Å². The number of carboxylic acid groups (broad SMARTS) is 1. The summed E-state index contributed by atoms with van der Waals surface area (Å²) in [6, 6.07) is 15.0. The molecular formula is C29H34N4O4. The predicted octanol–water partition coefficient (Wildman–Crippen LogP) is 6.16. The van der Waals surface area contributed by atoms with Gasteiger partial charge in [0.05, 0.1) is 17.8 Å². The average Bonchev–Trinajstić information content (AvgIpc) is 3.23. The fraction of sp³-hybridized carbons (Fsp3) is 0.379. The van der Waals surface area contributed by atoms with E-state index in [1.807, 2.05) is 64.1 Å². The molecule has 2 heterocycles. The molecule has 0 saturated carbocycles. The van der Waals surface area contributed by atoms with Crippen molar-refractivity contribution >= 4 is 17.0 Å². The number of benzene rings is 2. The minimum Gasteiger partial charge on any atom is -0.478 e. The molecule has 4 aromatic rings. The van der Waals surface area contributed by atoms with Crippen molar-refractivity contribution < 1.29 is 19.4 Å². The third-order valence-electron chi connectivity index (χ3n) is 5.90. The molecule has 0 aliphatic rings. The van der Waals surface area contributed by atoms with E-state index in [0.29, 0.717) is 29.4 Å². The molecule has 194 valence electrons. The van der Waals surface area contributed by atoms with Gasteiger partial charge in [-0.1, -0.05) is 55.8 Å². The lowest BCUT2D eigenvalue weighted by Gasteiger charge is -2.15. The van der Waals surface area contributed by atoms with Crippen LogP contribution in [0.1, 0.15) is 69.2 Å². The third kappa shape index (κ3) is 5.90. The van der Waals surface area contributed by atoms with E-state index in [0.717, 1.165) is 41.7 Å². The maximum Gasteiger partial charge on any atom is 0.336 e. The van der Waals surface area contributed by atoms with Crippen molar-refractivity contribution in [3.05, 3.63) is 65.5 Å². The second kappa shape index (κ2) is 11.4. The van der Waals surface area contributed by atoms with Crippen LogP contribution in [-0.2, 0) is 13.0 Å². The highest BCUT2D eigenvalue weighted by atomic mass is 16.5. The number of hydrogen-bond acceptors (Lipinski definition) is 6. The lowest BCUT2D eigenvalue weighted by molar-refractivity contribution is 0.0697. The summed E-state index contributed by atoms with van der Waals surface area (Å²) in [6.07, 6.45) is 2.69. The molecule has 0 aliphatic carbocycles. The molecule has 8 nitrogen and oxygen atoms in total. The summed E-state index contributed by atoms with van der Waals surface area (Å²) in [7, 11) is 0. The molecule has 0 bridgehead atoms. The zero-order valence-corrected chi connectivity index (χ0v) is 22.1. The maximum absolute atomic E-state index is 11.7. The van der Waals surface area contributed by atoms with Gasteiger partial charge in [0.1, 0.15) is 11.3 Å². The number of hydrogen-bond donors (Lipinski definition) is 1. The van der Waals surface area contributed by atoms with Crippen LogP contribution in [-0.4, -0.2) is 43.0 Å². The molecule has 1 N–H and O–H groups in total. The summed E-state index contributed by atoms with van der Waals surface area (Å²) < 4.78 is 14.1. The fourth-order valence-electron chi connectivity index (χ4n) is 4.25. The molecule has 4 rings (SSSR count). The number of carbonyl (C=O) groups is 1. The van der Waals surface area contributed by atoms with E-state index in [9.17, 15) is 9.90 Å². The molecule has 2 aromatic carbocycles. The van der Waals surface area contributed by atoms with E-state index >= 15 is 0 Å². The van der Waals surface area contributed by atoms with Gasteiger partial charge in [-0.15, -0.1) is 10.2 Å². The molecule has 0 unspecified atom stereocenters. The molecule has 8 heteroatoms. The van der Waals surface area contributed by atoms with Crippen molar-refractivity contribution in [1.29, 1.82) is 0 Å². The van der Waals surface area contributed by atoms with Crippen LogP contribution in [0.2, 0.25) is 0 Å². The lowest BCUT2D eigenvalue weighted by atomic mass is 9.99. The summed E-state index contributed by atoms with van der Waals surface area (Å²) >= 11 is 0. The number of nitrogens with zero attached hydrogens (tertiary/aromatic N) is 4. The zero-order chi connectivity index (χ0) is 26.5. The van der Waals surface area contributed by atoms with E-state index in [1.165, 1.54) is 0 Å². The summed E-state index contributed by atoms with van der Waals surface area (Å²) in [5, 5.41) is 18.2. The second-order valence-electron chi connectivity index (χ2n) is 9.61. The molecule has 37 heavy (non-hydrogen) atoms. The van der Waals surface area contributed by atoms with Crippen LogP contribution in [0.5, 0.6) is 11.8 Å². The summed E-state index contributed by atoms with van der Waals surface area (Å²) in [6.45, 7) is 10.5. The van der Waals surface area contributed by atoms with Crippen LogP contribution >= 0.6 is 0 Å². The molecule has 0 fully saturated rings. The topological polar surface area (TPSA) is 99.4 Å². The van der Waals surface area contributed by atoms with Gasteiger partial charge in [-0.25, -0.2) is 9.78 Å². The van der Waals surface area contributed by atoms with Gasteiger partial charge in [0.15, 0.2) is 5.52 Å². The Morgan fingerprint density at radius 1 is 0.946 bits per heavy atom. The van der Waals surface area contributed by atoms with E-state index < -0.39 is 5.97 Å². The van der Waals surface area contributed by atoms with Crippen LogP contribution in [0.25, 0.3) is 22.2 Å². The highest BCUT2D eigenvalue weighted by Crippen LogP contribution is 2.33. The van der Waals surface area contributed by atoms with E-state index in [2.05, 4.69) is 21.7 Å². The van der Waals surface area contributed by atoms with Gasteiger partial charge in [0, 0.05) is 13.0 Å². The van der Waals surface area contributed by atoms with Crippen molar-refractivity contribution in [2.75, 3.05) is 0 Å². The molecule has 0 radical (unpaired) electrons. The second-order valence-corrected chi connectivity index (χ2v) is 9.61. The first-order valence-corrected chi connectivity index (χ1v) is 12.8. The van der Waals surface area contributed by atoms with Crippen LogP contribution < -0.4 is 9.47 Å². The molecule has 0 saturated heterocycles. The normalized spacial score (nSPS) is 11.4. The van der Waals surface area contributed by atoms with Crippen LogP contribution in [0.3, 0.4) is 0 Å². The van der Waals surface area contributed by atoms with Crippen molar-refractivity contribution in [3.63, 3.8) is 0 Å². The van der Waals surface area contributed by atoms with Gasteiger partial charge < -0.3 is 19.1 Å². The van der Waals surface area contributed by atoms with E-state index in [1.54, 1.807) is 12.1 Å². The number of ether oxygens (including phenoxy) is 2. The van der Waals surface area contributed by atoms with Gasteiger partial charge in [-0.2, -0.15) is 0 Å². The Balaban J connectivity index is 1.78. The lowest BCUT2D eigenvalue weighted by Crippen LogP contribution is -2.13. The SMILES string of the molecule is CCCCc1nc2c(OC(C)C)nnc(OC(C)C)c2n1Cc1ccc(-c2ccccc2C(=O)O)cc1. The minimum atomic E-state index is -0.941. The molecule has 0 aliphatic heterocycles. The van der Waals surface area contributed by atoms with E-state index in [-0.39, 0.29) is 17.8 Å². The van der Waals surface area contributed by atoms with Crippen LogP contribution in [0.4, 0.5) is 0 Å².